The van der Waals surface area contributed by atoms with E-state index in [1.54, 1.807) is 10.9 Å². The first-order valence-corrected chi connectivity index (χ1v) is 7.94. The molecule has 3 heterocycles. The minimum Gasteiger partial charge on any atom is -0.348 e. The smallest absolute Gasteiger partial charge is 0.270 e. The summed E-state index contributed by atoms with van der Waals surface area (Å²) in [5.41, 5.74) is 1.44. The van der Waals surface area contributed by atoms with E-state index in [0.29, 0.717) is 5.69 Å². The SMILES string of the molecule is CN1CCC(NC(=O)c2csc(-c3cnn(C)c3)n2)CC1. The van der Waals surface area contributed by atoms with Crippen molar-refractivity contribution in [3.05, 3.63) is 23.5 Å². The Bertz CT molecular complexity index is 627. The van der Waals surface area contributed by atoms with E-state index < -0.39 is 0 Å². The van der Waals surface area contributed by atoms with Gasteiger partial charge in [0.1, 0.15) is 10.7 Å². The van der Waals surface area contributed by atoms with E-state index in [2.05, 4.69) is 27.3 Å². The number of nitrogens with one attached hydrogen (secondary N) is 1. The van der Waals surface area contributed by atoms with Crippen molar-refractivity contribution in [2.45, 2.75) is 18.9 Å². The van der Waals surface area contributed by atoms with Crippen LogP contribution in [0.1, 0.15) is 23.3 Å². The molecule has 0 radical (unpaired) electrons. The van der Waals surface area contributed by atoms with Crippen molar-refractivity contribution in [1.82, 2.24) is 25.0 Å². The zero-order chi connectivity index (χ0) is 14.8. The standard InChI is InChI=1S/C14H19N5OS/c1-18-5-3-11(4-6-18)16-13(20)12-9-21-14(17-12)10-7-15-19(2)8-10/h7-9,11H,3-6H2,1-2H3,(H,16,20). The Morgan fingerprint density at radius 2 is 2.14 bits per heavy atom. The highest BCUT2D eigenvalue weighted by Crippen LogP contribution is 2.23. The normalized spacial score (nSPS) is 17.0. The molecule has 1 aliphatic heterocycles. The van der Waals surface area contributed by atoms with Crippen LogP contribution in [0.25, 0.3) is 10.6 Å². The van der Waals surface area contributed by atoms with Crippen molar-refractivity contribution in [2.75, 3.05) is 20.1 Å². The van der Waals surface area contributed by atoms with Crippen LogP contribution >= 0.6 is 11.3 Å². The lowest BCUT2D eigenvalue weighted by Crippen LogP contribution is -2.43. The summed E-state index contributed by atoms with van der Waals surface area (Å²) in [7, 11) is 3.98. The summed E-state index contributed by atoms with van der Waals surface area (Å²) >= 11 is 1.47. The number of nitrogens with zero attached hydrogens (tertiary/aromatic N) is 4. The number of piperidine rings is 1. The number of rotatable bonds is 3. The summed E-state index contributed by atoms with van der Waals surface area (Å²) in [5.74, 6) is -0.0732. The van der Waals surface area contributed by atoms with Crippen molar-refractivity contribution in [3.63, 3.8) is 0 Å². The molecule has 0 atom stereocenters. The average molecular weight is 305 g/mol. The lowest BCUT2D eigenvalue weighted by atomic mass is 10.1. The van der Waals surface area contributed by atoms with Crippen LogP contribution in [0, 0.1) is 0 Å². The molecule has 0 spiro atoms. The molecule has 0 saturated carbocycles. The van der Waals surface area contributed by atoms with Crippen LogP contribution in [-0.4, -0.2) is 51.8 Å². The highest BCUT2D eigenvalue weighted by atomic mass is 32.1. The van der Waals surface area contributed by atoms with Crippen LogP contribution < -0.4 is 5.32 Å². The topological polar surface area (TPSA) is 63.1 Å². The highest BCUT2D eigenvalue weighted by molar-refractivity contribution is 7.13. The number of carbonyl (C=O) groups is 1. The minimum atomic E-state index is -0.0732. The zero-order valence-electron chi connectivity index (χ0n) is 12.2. The van der Waals surface area contributed by atoms with Crippen molar-refractivity contribution in [2.24, 2.45) is 7.05 Å². The monoisotopic (exact) mass is 305 g/mol. The van der Waals surface area contributed by atoms with Gasteiger partial charge in [0.2, 0.25) is 0 Å². The van der Waals surface area contributed by atoms with Crippen LogP contribution in [-0.2, 0) is 7.05 Å². The Balaban J connectivity index is 1.64. The number of hydrogen-bond acceptors (Lipinski definition) is 5. The molecule has 0 bridgehead atoms. The lowest BCUT2D eigenvalue weighted by Gasteiger charge is -2.29. The van der Waals surface area contributed by atoms with Gasteiger partial charge in [0.15, 0.2) is 0 Å². The van der Waals surface area contributed by atoms with Gasteiger partial charge in [0.25, 0.3) is 5.91 Å². The van der Waals surface area contributed by atoms with E-state index in [1.807, 2.05) is 18.6 Å². The number of aryl methyl sites for hydroxylation is 1. The van der Waals surface area contributed by atoms with Crippen LogP contribution in [0.15, 0.2) is 17.8 Å². The Morgan fingerprint density at radius 3 is 2.81 bits per heavy atom. The summed E-state index contributed by atoms with van der Waals surface area (Å²) < 4.78 is 1.73. The fraction of sp³-hybridized carbons (Fsp3) is 0.500. The van der Waals surface area contributed by atoms with E-state index >= 15 is 0 Å². The van der Waals surface area contributed by atoms with E-state index in [-0.39, 0.29) is 11.9 Å². The predicted molar refractivity (Wildman–Crippen MR) is 82.3 cm³/mol. The van der Waals surface area contributed by atoms with Gasteiger partial charge in [-0.1, -0.05) is 0 Å². The van der Waals surface area contributed by atoms with Crippen molar-refractivity contribution >= 4 is 17.2 Å². The van der Waals surface area contributed by atoms with Gasteiger partial charge in [-0.3, -0.25) is 9.48 Å². The second kappa shape index (κ2) is 5.95. The van der Waals surface area contributed by atoms with Crippen LogP contribution in [0.2, 0.25) is 0 Å². The maximum absolute atomic E-state index is 12.2. The molecule has 2 aromatic rings. The second-order valence-corrected chi connectivity index (χ2v) is 6.35. The molecule has 2 aromatic heterocycles. The third-order valence-corrected chi connectivity index (χ3v) is 4.63. The second-order valence-electron chi connectivity index (χ2n) is 5.49. The maximum Gasteiger partial charge on any atom is 0.270 e. The third kappa shape index (κ3) is 3.30. The van der Waals surface area contributed by atoms with Gasteiger partial charge in [-0.05, 0) is 33.0 Å². The Hall–Kier alpha value is -1.73. The van der Waals surface area contributed by atoms with Gasteiger partial charge < -0.3 is 10.2 Å². The fourth-order valence-electron chi connectivity index (χ4n) is 2.45. The largest absolute Gasteiger partial charge is 0.348 e. The van der Waals surface area contributed by atoms with Gasteiger partial charge in [-0.15, -0.1) is 11.3 Å². The first-order chi connectivity index (χ1) is 10.1. The van der Waals surface area contributed by atoms with Crippen LogP contribution in [0.5, 0.6) is 0 Å². The number of carbonyl (C=O) groups excluding carboxylic acids is 1. The molecular formula is C14H19N5OS. The number of aromatic nitrogens is 3. The molecule has 0 aliphatic carbocycles. The van der Waals surface area contributed by atoms with Crippen LogP contribution in [0.3, 0.4) is 0 Å². The number of hydrogen-bond donors (Lipinski definition) is 1. The van der Waals surface area contributed by atoms with E-state index in [1.165, 1.54) is 11.3 Å². The van der Waals surface area contributed by atoms with Crippen molar-refractivity contribution < 1.29 is 4.79 Å². The molecule has 0 aromatic carbocycles. The van der Waals surface area contributed by atoms with Gasteiger partial charge >= 0.3 is 0 Å². The third-order valence-electron chi connectivity index (χ3n) is 3.74. The first-order valence-electron chi connectivity index (χ1n) is 7.06. The molecule has 1 amide bonds. The molecule has 1 N–H and O–H groups in total. The quantitative estimate of drug-likeness (QED) is 0.930. The molecule has 1 fully saturated rings. The Morgan fingerprint density at radius 1 is 1.38 bits per heavy atom. The molecular weight excluding hydrogens is 286 g/mol. The summed E-state index contributed by atoms with van der Waals surface area (Å²) in [6.07, 6.45) is 5.67. The summed E-state index contributed by atoms with van der Waals surface area (Å²) in [6, 6.07) is 0.261. The summed E-state index contributed by atoms with van der Waals surface area (Å²) in [6.45, 7) is 2.06. The fourth-order valence-corrected chi connectivity index (χ4v) is 3.23. The predicted octanol–water partition coefficient (Wildman–Crippen LogP) is 1.37. The molecule has 7 heteroatoms. The number of likely N-dealkylation sites (tertiary alicyclic amines) is 1. The molecule has 6 nitrogen and oxygen atoms in total. The number of amides is 1. The molecule has 21 heavy (non-hydrogen) atoms. The molecule has 3 rings (SSSR count). The average Bonchev–Trinajstić information content (AvgIpc) is 3.10. The van der Waals surface area contributed by atoms with Crippen molar-refractivity contribution in [3.8, 4) is 10.6 Å². The number of thiazole rings is 1. The van der Waals surface area contributed by atoms with E-state index in [9.17, 15) is 4.79 Å². The van der Waals surface area contributed by atoms with Crippen LogP contribution in [0.4, 0.5) is 0 Å². The molecule has 0 unspecified atom stereocenters. The van der Waals surface area contributed by atoms with Gasteiger partial charge in [-0.25, -0.2) is 4.98 Å². The summed E-state index contributed by atoms with van der Waals surface area (Å²) in [5, 5.41) is 9.85. The minimum absolute atomic E-state index is 0.0732. The Labute approximate surface area is 127 Å². The van der Waals surface area contributed by atoms with E-state index in [4.69, 9.17) is 0 Å². The molecule has 1 saturated heterocycles. The molecule has 112 valence electrons. The Kier molecular flexibility index (Phi) is 4.03. The molecule has 1 aliphatic rings. The van der Waals surface area contributed by atoms with Gasteiger partial charge in [0, 0.05) is 30.2 Å². The van der Waals surface area contributed by atoms with E-state index in [0.717, 1.165) is 36.5 Å². The van der Waals surface area contributed by atoms with Gasteiger partial charge in [0.05, 0.1) is 6.20 Å². The van der Waals surface area contributed by atoms with Gasteiger partial charge in [-0.2, -0.15) is 5.10 Å². The summed E-state index contributed by atoms with van der Waals surface area (Å²) in [4.78, 5) is 18.9. The zero-order valence-corrected chi connectivity index (χ0v) is 13.1. The highest BCUT2D eigenvalue weighted by Gasteiger charge is 2.20. The first kappa shape index (κ1) is 14.2. The van der Waals surface area contributed by atoms with Crippen molar-refractivity contribution in [1.29, 1.82) is 0 Å². The lowest BCUT2D eigenvalue weighted by molar-refractivity contribution is 0.0912. The maximum atomic E-state index is 12.2.